The Labute approximate surface area is 96.2 Å². The molecule has 0 amide bonds. The Hall–Kier alpha value is -2.36. The molecule has 17 heavy (non-hydrogen) atoms. The van der Waals surface area contributed by atoms with Crippen molar-refractivity contribution in [3.8, 4) is 11.3 Å². The zero-order valence-corrected chi connectivity index (χ0v) is 8.85. The average Bonchev–Trinajstić information content (AvgIpc) is 2.75. The van der Waals surface area contributed by atoms with Crippen molar-refractivity contribution in [2.75, 3.05) is 0 Å². The summed E-state index contributed by atoms with van der Waals surface area (Å²) in [4.78, 5) is 14.7. The molecule has 0 unspecified atom stereocenters. The Bertz CT molecular complexity index is 725. The maximum Gasteiger partial charge on any atom is 0.256 e. The molecule has 0 atom stereocenters. The Morgan fingerprint density at radius 1 is 1.06 bits per heavy atom. The van der Waals surface area contributed by atoms with Gasteiger partial charge in [0.2, 0.25) is 0 Å². The van der Waals surface area contributed by atoms with Gasteiger partial charge in [0.1, 0.15) is 11.5 Å². The summed E-state index contributed by atoms with van der Waals surface area (Å²) in [5.74, 6) is -0.276. The second-order valence-electron chi connectivity index (χ2n) is 3.79. The van der Waals surface area contributed by atoms with E-state index in [9.17, 15) is 9.18 Å². The van der Waals surface area contributed by atoms with E-state index in [1.165, 1.54) is 22.6 Å². The first-order chi connectivity index (χ1) is 8.24. The van der Waals surface area contributed by atoms with Crippen molar-refractivity contribution in [3.63, 3.8) is 0 Å². The summed E-state index contributed by atoms with van der Waals surface area (Å²) in [5, 5.41) is 0. The van der Waals surface area contributed by atoms with E-state index in [2.05, 4.69) is 4.98 Å². The molecule has 0 saturated carbocycles. The van der Waals surface area contributed by atoms with Crippen LogP contribution in [0.3, 0.4) is 0 Å². The number of aromatic nitrogens is 2. The molecule has 1 aromatic carbocycles. The minimum absolute atomic E-state index is 0.0906. The maximum atomic E-state index is 12.8. The first-order valence-electron chi connectivity index (χ1n) is 5.20. The molecular weight excluding hydrogens is 219 g/mol. The third kappa shape index (κ3) is 1.63. The Morgan fingerprint density at radius 3 is 2.53 bits per heavy atom. The third-order valence-electron chi connectivity index (χ3n) is 2.67. The predicted molar refractivity (Wildman–Crippen MR) is 63.4 cm³/mol. The van der Waals surface area contributed by atoms with Crippen LogP contribution in [0.1, 0.15) is 0 Å². The number of imidazole rings is 1. The van der Waals surface area contributed by atoms with E-state index in [1.54, 1.807) is 24.4 Å². The second-order valence-corrected chi connectivity index (χ2v) is 3.79. The van der Waals surface area contributed by atoms with Gasteiger partial charge >= 0.3 is 0 Å². The fourth-order valence-electron chi connectivity index (χ4n) is 1.81. The number of fused-ring (bicyclic) bond motifs is 1. The van der Waals surface area contributed by atoms with Crippen LogP contribution in [-0.4, -0.2) is 9.38 Å². The van der Waals surface area contributed by atoms with Crippen LogP contribution in [0.4, 0.5) is 4.39 Å². The molecule has 0 bridgehead atoms. The molecule has 0 fully saturated rings. The van der Waals surface area contributed by atoms with Gasteiger partial charge in [-0.15, -0.1) is 0 Å². The number of hydrogen-bond acceptors (Lipinski definition) is 1. The van der Waals surface area contributed by atoms with Crippen LogP contribution in [0.15, 0.2) is 53.5 Å². The highest BCUT2D eigenvalue weighted by atomic mass is 19.1. The molecule has 0 aliphatic carbocycles. The maximum absolute atomic E-state index is 12.8. The van der Waals surface area contributed by atoms with E-state index in [1.807, 2.05) is 6.07 Å². The van der Waals surface area contributed by atoms with Crippen LogP contribution in [0.2, 0.25) is 0 Å². The largest absolute Gasteiger partial charge is 0.340 e. The van der Waals surface area contributed by atoms with Gasteiger partial charge < -0.3 is 4.98 Å². The molecule has 0 aliphatic heterocycles. The minimum Gasteiger partial charge on any atom is -0.340 e. The average molecular weight is 228 g/mol. The SMILES string of the molecule is O=c1cccc2[nH]c(-c3ccc(F)cc3)cn12. The van der Waals surface area contributed by atoms with Gasteiger partial charge in [0.25, 0.3) is 5.56 Å². The predicted octanol–water partition coefficient (Wildman–Crippen LogP) is 2.43. The summed E-state index contributed by atoms with van der Waals surface area (Å²) >= 11 is 0. The molecule has 4 heteroatoms. The van der Waals surface area contributed by atoms with Crippen molar-refractivity contribution in [2.45, 2.75) is 0 Å². The summed E-state index contributed by atoms with van der Waals surface area (Å²) in [6.07, 6.45) is 1.71. The van der Waals surface area contributed by atoms with Crippen LogP contribution < -0.4 is 5.56 Å². The minimum atomic E-state index is -0.276. The molecule has 0 aliphatic rings. The van der Waals surface area contributed by atoms with Crippen molar-refractivity contribution in [3.05, 3.63) is 64.8 Å². The second kappa shape index (κ2) is 3.59. The number of aromatic amines is 1. The van der Waals surface area contributed by atoms with E-state index in [0.29, 0.717) is 0 Å². The van der Waals surface area contributed by atoms with Crippen molar-refractivity contribution in [2.24, 2.45) is 0 Å². The normalized spacial score (nSPS) is 10.9. The van der Waals surface area contributed by atoms with Gasteiger partial charge in [-0.1, -0.05) is 6.07 Å². The van der Waals surface area contributed by atoms with Gasteiger partial charge in [0.15, 0.2) is 0 Å². The van der Waals surface area contributed by atoms with Crippen molar-refractivity contribution >= 4 is 5.65 Å². The summed E-state index contributed by atoms with van der Waals surface area (Å²) in [7, 11) is 0. The zero-order chi connectivity index (χ0) is 11.8. The van der Waals surface area contributed by atoms with Crippen LogP contribution >= 0.6 is 0 Å². The lowest BCUT2D eigenvalue weighted by Gasteiger charge is -1.95. The molecule has 0 saturated heterocycles. The van der Waals surface area contributed by atoms with Gasteiger partial charge in [0, 0.05) is 12.3 Å². The topological polar surface area (TPSA) is 37.3 Å². The molecular formula is C13H9FN2O. The van der Waals surface area contributed by atoms with Gasteiger partial charge in [-0.2, -0.15) is 0 Å². The highest BCUT2D eigenvalue weighted by Crippen LogP contribution is 2.18. The van der Waals surface area contributed by atoms with Crippen molar-refractivity contribution in [1.29, 1.82) is 0 Å². The Kier molecular flexibility index (Phi) is 2.08. The van der Waals surface area contributed by atoms with Crippen molar-refractivity contribution < 1.29 is 4.39 Å². The van der Waals surface area contributed by atoms with E-state index < -0.39 is 0 Å². The van der Waals surface area contributed by atoms with Crippen molar-refractivity contribution in [1.82, 2.24) is 9.38 Å². The highest BCUT2D eigenvalue weighted by Gasteiger charge is 2.03. The summed E-state index contributed by atoms with van der Waals surface area (Å²) in [5.41, 5.74) is 2.26. The van der Waals surface area contributed by atoms with Crippen LogP contribution in [0.25, 0.3) is 16.9 Å². The lowest BCUT2D eigenvalue weighted by atomic mass is 10.2. The molecule has 1 N–H and O–H groups in total. The lowest BCUT2D eigenvalue weighted by Crippen LogP contribution is -2.08. The summed E-state index contributed by atoms with van der Waals surface area (Å²) < 4.78 is 14.3. The fourth-order valence-corrected chi connectivity index (χ4v) is 1.81. The third-order valence-corrected chi connectivity index (χ3v) is 2.67. The van der Waals surface area contributed by atoms with E-state index in [4.69, 9.17) is 0 Å². The summed E-state index contributed by atoms with van der Waals surface area (Å²) in [6, 6.07) is 11.1. The van der Waals surface area contributed by atoms with Gasteiger partial charge in [-0.25, -0.2) is 4.39 Å². The number of rotatable bonds is 1. The fraction of sp³-hybridized carbons (Fsp3) is 0. The van der Waals surface area contributed by atoms with Gasteiger partial charge in [0.05, 0.1) is 5.69 Å². The first kappa shape index (κ1) is 9.84. The molecule has 84 valence electrons. The van der Waals surface area contributed by atoms with E-state index in [-0.39, 0.29) is 11.4 Å². The first-order valence-corrected chi connectivity index (χ1v) is 5.20. The molecule has 0 radical (unpaired) electrons. The number of nitrogens with one attached hydrogen (secondary N) is 1. The van der Waals surface area contributed by atoms with Crippen LogP contribution in [-0.2, 0) is 0 Å². The molecule has 2 heterocycles. The molecule has 0 spiro atoms. The quantitative estimate of drug-likeness (QED) is 0.682. The van der Waals surface area contributed by atoms with E-state index >= 15 is 0 Å². The Balaban J connectivity index is 2.21. The molecule has 3 aromatic rings. The van der Waals surface area contributed by atoms with E-state index in [0.717, 1.165) is 16.9 Å². The summed E-state index contributed by atoms with van der Waals surface area (Å²) in [6.45, 7) is 0. The zero-order valence-electron chi connectivity index (χ0n) is 8.85. The van der Waals surface area contributed by atoms with Crippen LogP contribution in [0, 0.1) is 5.82 Å². The van der Waals surface area contributed by atoms with Crippen LogP contribution in [0.5, 0.6) is 0 Å². The lowest BCUT2D eigenvalue weighted by molar-refractivity contribution is 0.628. The monoisotopic (exact) mass is 228 g/mol. The van der Waals surface area contributed by atoms with Gasteiger partial charge in [-0.3, -0.25) is 9.20 Å². The number of pyridine rings is 1. The molecule has 3 rings (SSSR count). The molecule has 3 nitrogen and oxygen atoms in total. The molecule has 2 aromatic heterocycles. The standard InChI is InChI=1S/C13H9FN2O/c14-10-6-4-9(5-7-10)11-8-16-12(15-11)2-1-3-13(16)17/h1-8,15H. The number of nitrogens with zero attached hydrogens (tertiary/aromatic N) is 1. The van der Waals surface area contributed by atoms with Gasteiger partial charge in [-0.05, 0) is 35.9 Å². The number of benzene rings is 1. The highest BCUT2D eigenvalue weighted by molar-refractivity contribution is 5.62. The smallest absolute Gasteiger partial charge is 0.256 e. The Morgan fingerprint density at radius 2 is 1.82 bits per heavy atom. The number of H-pyrrole nitrogens is 1. The number of halogens is 1. The number of hydrogen-bond donors (Lipinski definition) is 1.